The molecule has 2 heterocycles. The Balaban J connectivity index is 1.49. The van der Waals surface area contributed by atoms with Gasteiger partial charge in [-0.15, -0.1) is 0 Å². The molecule has 3 unspecified atom stereocenters. The molecule has 0 amide bonds. The van der Waals surface area contributed by atoms with Gasteiger partial charge in [0, 0.05) is 29.0 Å². The van der Waals surface area contributed by atoms with Gasteiger partial charge in [0.25, 0.3) is 0 Å². The number of aromatic nitrogens is 3. The fourth-order valence-electron chi connectivity index (χ4n) is 4.06. The fourth-order valence-corrected chi connectivity index (χ4v) is 5.11. The van der Waals surface area contributed by atoms with E-state index < -0.39 is 22.5 Å². The number of nitrogens with two attached hydrogens (primary N) is 1. The second kappa shape index (κ2) is 10.7. The number of hydrogen-bond donors (Lipinski definition) is 2. The molecular formula is C22H22BrClFN5O4S. The number of rotatable bonds is 9. The summed E-state index contributed by atoms with van der Waals surface area (Å²) in [5.74, 6) is -0.542. The highest BCUT2D eigenvalue weighted by atomic mass is 79.9. The number of nitrogens with zero attached hydrogens (tertiary/aromatic N) is 3. The minimum Gasteiger partial charge on any atom is -0.364 e. The fraction of sp³-hybridized carbons (Fsp3) is 0.318. The van der Waals surface area contributed by atoms with Crippen LogP contribution in [0.15, 0.2) is 53.5 Å². The zero-order chi connectivity index (χ0) is 25.2. The number of carbonyl (C=O) groups excluding carboxylic acids is 1. The van der Waals surface area contributed by atoms with Crippen molar-refractivity contribution in [3.8, 4) is 0 Å². The van der Waals surface area contributed by atoms with Crippen LogP contribution in [0.5, 0.6) is 0 Å². The van der Waals surface area contributed by atoms with Crippen LogP contribution in [0, 0.1) is 5.92 Å². The Morgan fingerprint density at radius 2 is 2.14 bits per heavy atom. The number of anilines is 1. The number of benzene rings is 1. The van der Waals surface area contributed by atoms with Gasteiger partial charge in [0.2, 0.25) is 0 Å². The molecule has 1 fully saturated rings. The van der Waals surface area contributed by atoms with Gasteiger partial charge in [-0.25, -0.2) is 19.5 Å². The van der Waals surface area contributed by atoms with E-state index >= 15 is 0 Å². The first-order chi connectivity index (χ1) is 16.6. The molecule has 0 aliphatic heterocycles. The van der Waals surface area contributed by atoms with Crippen molar-refractivity contribution in [2.75, 3.05) is 11.9 Å². The predicted molar refractivity (Wildman–Crippen MR) is 132 cm³/mol. The summed E-state index contributed by atoms with van der Waals surface area (Å²) in [4.78, 5) is 21.4. The van der Waals surface area contributed by atoms with Crippen molar-refractivity contribution in [2.24, 2.45) is 11.1 Å². The van der Waals surface area contributed by atoms with E-state index in [9.17, 15) is 17.6 Å². The van der Waals surface area contributed by atoms with Crippen LogP contribution in [-0.4, -0.2) is 47.6 Å². The maximum absolute atomic E-state index is 14.6. The zero-order valence-corrected chi connectivity index (χ0v) is 21.4. The lowest BCUT2D eigenvalue weighted by atomic mass is 10.1. The summed E-state index contributed by atoms with van der Waals surface area (Å²) in [7, 11) is -4.10. The summed E-state index contributed by atoms with van der Waals surface area (Å²) < 4.78 is 44.0. The number of halogens is 3. The Morgan fingerprint density at radius 3 is 2.89 bits per heavy atom. The molecule has 186 valence electrons. The van der Waals surface area contributed by atoms with Gasteiger partial charge in [-0.3, -0.25) is 8.98 Å². The van der Waals surface area contributed by atoms with Gasteiger partial charge in [0.15, 0.2) is 5.78 Å². The number of alkyl halides is 1. The summed E-state index contributed by atoms with van der Waals surface area (Å²) >= 11 is 9.82. The maximum atomic E-state index is 14.6. The molecule has 13 heteroatoms. The lowest BCUT2D eigenvalue weighted by Gasteiger charge is -2.17. The second-order valence-electron chi connectivity index (χ2n) is 8.31. The molecule has 1 aliphatic carbocycles. The SMILES string of the molecule is NS(=O)(=O)OCC1CC(F)C(Nc2ncncc2C(=O)c2cc(Cl)n(Cc3cccc(Br)c3)c2)C1. The third-order valence-corrected chi connectivity index (χ3v) is 6.96. The zero-order valence-electron chi connectivity index (χ0n) is 18.3. The third kappa shape index (κ3) is 6.64. The summed E-state index contributed by atoms with van der Waals surface area (Å²) in [6.45, 7) is 0.256. The number of hydrogen-bond acceptors (Lipinski definition) is 7. The average Bonchev–Trinajstić information content (AvgIpc) is 3.34. The van der Waals surface area contributed by atoms with Gasteiger partial charge in [-0.1, -0.05) is 39.7 Å². The van der Waals surface area contributed by atoms with Crippen molar-refractivity contribution >= 4 is 49.4 Å². The van der Waals surface area contributed by atoms with Crippen LogP contribution in [0.3, 0.4) is 0 Å². The topological polar surface area (TPSA) is 129 Å². The van der Waals surface area contributed by atoms with Crippen LogP contribution in [0.4, 0.5) is 10.2 Å². The van der Waals surface area contributed by atoms with E-state index in [0.29, 0.717) is 17.3 Å². The normalized spacial score (nSPS) is 20.2. The monoisotopic (exact) mass is 585 g/mol. The molecule has 1 saturated carbocycles. The third-order valence-electron chi connectivity index (χ3n) is 5.68. The van der Waals surface area contributed by atoms with E-state index in [1.807, 2.05) is 24.3 Å². The van der Waals surface area contributed by atoms with Gasteiger partial charge in [-0.2, -0.15) is 8.42 Å². The summed E-state index contributed by atoms with van der Waals surface area (Å²) in [6.07, 6.45) is 3.35. The Labute approximate surface area is 215 Å². The first-order valence-corrected chi connectivity index (χ1v) is 13.3. The first-order valence-electron chi connectivity index (χ1n) is 10.6. The Kier molecular flexibility index (Phi) is 7.86. The minimum absolute atomic E-state index is 0.0929. The smallest absolute Gasteiger partial charge is 0.333 e. The Hall–Kier alpha value is -2.38. The van der Waals surface area contributed by atoms with Gasteiger partial charge < -0.3 is 9.88 Å². The van der Waals surface area contributed by atoms with Crippen molar-refractivity contribution in [3.05, 3.63) is 75.4 Å². The first kappa shape index (κ1) is 25.7. The van der Waals surface area contributed by atoms with Crippen LogP contribution in [0.25, 0.3) is 0 Å². The van der Waals surface area contributed by atoms with E-state index in [-0.39, 0.29) is 42.5 Å². The summed E-state index contributed by atoms with van der Waals surface area (Å²) in [5, 5.41) is 8.21. The lowest BCUT2D eigenvalue weighted by molar-refractivity contribution is 0.103. The van der Waals surface area contributed by atoms with Crippen LogP contribution >= 0.6 is 27.5 Å². The molecule has 4 rings (SSSR count). The van der Waals surface area contributed by atoms with Crippen LogP contribution < -0.4 is 10.5 Å². The van der Waals surface area contributed by atoms with E-state index in [1.165, 1.54) is 12.5 Å². The molecule has 3 N–H and O–H groups in total. The van der Waals surface area contributed by atoms with Crippen LogP contribution in [0.2, 0.25) is 5.15 Å². The molecule has 35 heavy (non-hydrogen) atoms. The largest absolute Gasteiger partial charge is 0.364 e. The number of carbonyl (C=O) groups is 1. The van der Waals surface area contributed by atoms with Gasteiger partial charge in [-0.05, 0) is 42.5 Å². The highest BCUT2D eigenvalue weighted by Gasteiger charge is 2.36. The molecule has 3 aromatic rings. The van der Waals surface area contributed by atoms with Crippen molar-refractivity contribution in [1.82, 2.24) is 14.5 Å². The van der Waals surface area contributed by atoms with Gasteiger partial charge in [0.05, 0.1) is 18.2 Å². The quantitative estimate of drug-likeness (QED) is 0.366. The molecular weight excluding hydrogens is 565 g/mol. The summed E-state index contributed by atoms with van der Waals surface area (Å²) in [6, 6.07) is 8.62. The highest BCUT2D eigenvalue weighted by Crippen LogP contribution is 2.32. The molecule has 1 aromatic carbocycles. The molecule has 0 spiro atoms. The maximum Gasteiger partial charge on any atom is 0.333 e. The highest BCUT2D eigenvalue weighted by molar-refractivity contribution is 9.10. The van der Waals surface area contributed by atoms with E-state index in [1.54, 1.807) is 16.8 Å². The van der Waals surface area contributed by atoms with Crippen LogP contribution in [-0.2, 0) is 21.0 Å². The van der Waals surface area contributed by atoms with Crippen molar-refractivity contribution in [3.63, 3.8) is 0 Å². The minimum atomic E-state index is -4.10. The summed E-state index contributed by atoms with van der Waals surface area (Å²) in [5.41, 5.74) is 1.50. The van der Waals surface area contributed by atoms with Crippen molar-refractivity contribution in [1.29, 1.82) is 0 Å². The predicted octanol–water partition coefficient (Wildman–Crippen LogP) is 3.72. The molecule has 3 atom stereocenters. The molecule has 2 aromatic heterocycles. The standard InChI is InChI=1S/C22H22BrClFN5O4S/c23-16-3-1-2-13(4-16)9-30-10-15(7-20(30)24)21(31)17-8-27-12-28-22(17)29-19-6-14(5-18(19)25)11-34-35(26,32)33/h1-4,7-8,10,12,14,18-19H,5-6,9,11H2,(H2,26,32,33)(H,27,28,29). The second-order valence-corrected chi connectivity index (χ2v) is 10.8. The van der Waals surface area contributed by atoms with E-state index in [0.717, 1.165) is 10.0 Å². The molecule has 0 bridgehead atoms. The lowest BCUT2D eigenvalue weighted by Crippen LogP contribution is -2.27. The molecule has 0 saturated heterocycles. The Morgan fingerprint density at radius 1 is 1.34 bits per heavy atom. The Bertz CT molecular complexity index is 1340. The number of nitrogens with one attached hydrogen (secondary N) is 1. The molecule has 1 aliphatic rings. The average molecular weight is 587 g/mol. The molecule has 9 nitrogen and oxygen atoms in total. The van der Waals surface area contributed by atoms with E-state index in [2.05, 4.69) is 35.4 Å². The van der Waals surface area contributed by atoms with Gasteiger partial charge in [0.1, 0.15) is 23.5 Å². The van der Waals surface area contributed by atoms with Gasteiger partial charge >= 0.3 is 10.3 Å². The van der Waals surface area contributed by atoms with Crippen molar-refractivity contribution < 1.29 is 21.8 Å². The van der Waals surface area contributed by atoms with E-state index in [4.69, 9.17) is 16.7 Å². The number of ketones is 1. The molecule has 0 radical (unpaired) electrons. The van der Waals surface area contributed by atoms with Crippen LogP contribution in [0.1, 0.15) is 34.3 Å². The van der Waals surface area contributed by atoms with Crippen molar-refractivity contribution in [2.45, 2.75) is 31.6 Å².